The van der Waals surface area contributed by atoms with E-state index >= 15 is 0 Å². The van der Waals surface area contributed by atoms with Crippen molar-refractivity contribution in [1.82, 2.24) is 5.32 Å². The van der Waals surface area contributed by atoms with Gasteiger partial charge in [0.25, 0.3) is 5.91 Å². The summed E-state index contributed by atoms with van der Waals surface area (Å²) in [5, 5.41) is 5.45. The van der Waals surface area contributed by atoms with E-state index in [1.54, 1.807) is 12.1 Å². The van der Waals surface area contributed by atoms with Gasteiger partial charge in [-0.25, -0.2) is 4.39 Å². The van der Waals surface area contributed by atoms with E-state index < -0.39 is 17.8 Å². The molecule has 1 atom stereocenters. The van der Waals surface area contributed by atoms with Crippen LogP contribution in [0.5, 0.6) is 0 Å². The lowest BCUT2D eigenvalue weighted by atomic mass is 10.0. The maximum Gasteiger partial charge on any atom is 0.254 e. The van der Waals surface area contributed by atoms with Crippen molar-refractivity contribution in [3.05, 3.63) is 65.5 Å². The molecule has 2 aromatic carbocycles. The van der Waals surface area contributed by atoms with Gasteiger partial charge in [-0.05, 0) is 42.2 Å². The third kappa shape index (κ3) is 4.89. The molecule has 0 saturated heterocycles. The summed E-state index contributed by atoms with van der Waals surface area (Å²) in [6.45, 7) is 5.69. The van der Waals surface area contributed by atoms with E-state index in [0.717, 1.165) is 12.0 Å². The van der Waals surface area contributed by atoms with Crippen LogP contribution in [-0.4, -0.2) is 17.9 Å². The van der Waals surface area contributed by atoms with Crippen LogP contribution >= 0.6 is 0 Å². The molecule has 0 bridgehead atoms. The van der Waals surface area contributed by atoms with Crippen molar-refractivity contribution in [3.8, 4) is 0 Å². The number of carbonyl (C=O) groups excluding carboxylic acids is 2. The summed E-state index contributed by atoms with van der Waals surface area (Å²) in [5.74, 6) is -1.69. The van der Waals surface area contributed by atoms with Crippen molar-refractivity contribution in [1.29, 1.82) is 0 Å². The highest BCUT2D eigenvalue weighted by molar-refractivity contribution is 6.01. The lowest BCUT2D eigenvalue weighted by Crippen LogP contribution is -2.47. The lowest BCUT2D eigenvalue weighted by Gasteiger charge is -2.22. The standard InChI is InChI=1S/C20H23FN2O2/c1-4-14-8-7-9-15(12-14)22-20(25)18(13(2)3)23-19(24)16-10-5-6-11-17(16)21/h5-13,18H,4H2,1-3H3,(H,22,25)(H,23,24)/t18-/m0/s1. The number of halogens is 1. The van der Waals surface area contributed by atoms with Gasteiger partial charge in [0.15, 0.2) is 0 Å². The van der Waals surface area contributed by atoms with E-state index in [1.807, 2.05) is 39.0 Å². The molecular formula is C20H23FN2O2. The van der Waals surface area contributed by atoms with Gasteiger partial charge in [0, 0.05) is 5.69 Å². The minimum atomic E-state index is -0.766. The first-order chi connectivity index (χ1) is 11.9. The van der Waals surface area contributed by atoms with E-state index in [-0.39, 0.29) is 17.4 Å². The quantitative estimate of drug-likeness (QED) is 0.839. The molecule has 0 aromatic heterocycles. The molecule has 0 heterocycles. The minimum Gasteiger partial charge on any atom is -0.340 e. The fourth-order valence-corrected chi connectivity index (χ4v) is 2.49. The molecule has 4 nitrogen and oxygen atoms in total. The molecule has 0 saturated carbocycles. The Labute approximate surface area is 147 Å². The monoisotopic (exact) mass is 342 g/mol. The zero-order chi connectivity index (χ0) is 18.4. The second kappa shape index (κ2) is 8.42. The Morgan fingerprint density at radius 2 is 1.80 bits per heavy atom. The molecule has 5 heteroatoms. The molecule has 0 aliphatic heterocycles. The average molecular weight is 342 g/mol. The Bertz CT molecular complexity index is 759. The van der Waals surface area contributed by atoms with Crippen LogP contribution in [0.3, 0.4) is 0 Å². The number of hydrogen-bond donors (Lipinski definition) is 2. The molecule has 0 spiro atoms. The Morgan fingerprint density at radius 1 is 1.08 bits per heavy atom. The molecule has 0 fully saturated rings. The molecule has 0 unspecified atom stereocenters. The highest BCUT2D eigenvalue weighted by Crippen LogP contribution is 2.14. The predicted molar refractivity (Wildman–Crippen MR) is 96.9 cm³/mol. The smallest absolute Gasteiger partial charge is 0.254 e. The summed E-state index contributed by atoms with van der Waals surface area (Å²) in [7, 11) is 0. The average Bonchev–Trinajstić information content (AvgIpc) is 2.59. The molecular weight excluding hydrogens is 319 g/mol. The number of rotatable bonds is 6. The van der Waals surface area contributed by atoms with E-state index in [4.69, 9.17) is 0 Å². The summed E-state index contributed by atoms with van der Waals surface area (Å²) in [6, 6.07) is 12.5. The number of amides is 2. The van der Waals surface area contributed by atoms with Gasteiger partial charge in [-0.15, -0.1) is 0 Å². The normalized spacial score (nSPS) is 11.9. The maximum atomic E-state index is 13.8. The maximum absolute atomic E-state index is 13.8. The van der Waals surface area contributed by atoms with Crippen molar-refractivity contribution in [2.24, 2.45) is 5.92 Å². The molecule has 2 amide bonds. The van der Waals surface area contributed by atoms with Gasteiger partial charge >= 0.3 is 0 Å². The first-order valence-electron chi connectivity index (χ1n) is 8.37. The molecule has 0 radical (unpaired) electrons. The van der Waals surface area contributed by atoms with Crippen LogP contribution < -0.4 is 10.6 Å². The highest BCUT2D eigenvalue weighted by Gasteiger charge is 2.25. The summed E-state index contributed by atoms with van der Waals surface area (Å²) < 4.78 is 13.8. The molecule has 2 rings (SSSR count). The number of aryl methyl sites for hydroxylation is 1. The predicted octanol–water partition coefficient (Wildman–Crippen LogP) is 3.78. The number of nitrogens with one attached hydrogen (secondary N) is 2. The largest absolute Gasteiger partial charge is 0.340 e. The van der Waals surface area contributed by atoms with Crippen molar-refractivity contribution in [2.75, 3.05) is 5.32 Å². The van der Waals surface area contributed by atoms with Crippen molar-refractivity contribution in [3.63, 3.8) is 0 Å². The Kier molecular flexibility index (Phi) is 6.28. The molecule has 132 valence electrons. The Hall–Kier alpha value is -2.69. The van der Waals surface area contributed by atoms with Crippen LogP contribution in [0.25, 0.3) is 0 Å². The van der Waals surface area contributed by atoms with E-state index in [2.05, 4.69) is 10.6 Å². The second-order valence-corrected chi connectivity index (χ2v) is 6.22. The second-order valence-electron chi connectivity index (χ2n) is 6.22. The summed E-state index contributed by atoms with van der Waals surface area (Å²) in [5.41, 5.74) is 1.71. The highest BCUT2D eigenvalue weighted by atomic mass is 19.1. The third-order valence-corrected chi connectivity index (χ3v) is 3.96. The van der Waals surface area contributed by atoms with Crippen molar-refractivity contribution in [2.45, 2.75) is 33.2 Å². The van der Waals surface area contributed by atoms with Gasteiger partial charge in [-0.3, -0.25) is 9.59 Å². The number of carbonyl (C=O) groups is 2. The first kappa shape index (κ1) is 18.6. The fourth-order valence-electron chi connectivity index (χ4n) is 2.49. The van der Waals surface area contributed by atoms with Crippen LogP contribution in [0.4, 0.5) is 10.1 Å². The van der Waals surface area contributed by atoms with Crippen molar-refractivity contribution >= 4 is 17.5 Å². The van der Waals surface area contributed by atoms with Crippen molar-refractivity contribution < 1.29 is 14.0 Å². The molecule has 2 N–H and O–H groups in total. The Balaban J connectivity index is 2.13. The van der Waals surface area contributed by atoms with Gasteiger partial charge in [0.05, 0.1) is 5.56 Å². The summed E-state index contributed by atoms with van der Waals surface area (Å²) in [4.78, 5) is 24.9. The van der Waals surface area contributed by atoms with Gasteiger partial charge in [0.2, 0.25) is 5.91 Å². The van der Waals surface area contributed by atoms with Gasteiger partial charge < -0.3 is 10.6 Å². The zero-order valence-electron chi connectivity index (χ0n) is 14.7. The van der Waals surface area contributed by atoms with Gasteiger partial charge in [-0.2, -0.15) is 0 Å². The lowest BCUT2D eigenvalue weighted by molar-refractivity contribution is -0.118. The first-order valence-corrected chi connectivity index (χ1v) is 8.37. The number of hydrogen-bond acceptors (Lipinski definition) is 2. The van der Waals surface area contributed by atoms with E-state index in [0.29, 0.717) is 5.69 Å². The molecule has 0 aliphatic rings. The summed E-state index contributed by atoms with van der Waals surface area (Å²) in [6.07, 6.45) is 0.862. The van der Waals surface area contributed by atoms with Crippen LogP contribution in [0.2, 0.25) is 0 Å². The number of anilines is 1. The molecule has 0 aliphatic carbocycles. The number of benzene rings is 2. The van der Waals surface area contributed by atoms with Gasteiger partial charge in [0.1, 0.15) is 11.9 Å². The molecule has 25 heavy (non-hydrogen) atoms. The fraction of sp³-hybridized carbons (Fsp3) is 0.300. The van der Waals surface area contributed by atoms with Crippen LogP contribution in [0.1, 0.15) is 36.7 Å². The topological polar surface area (TPSA) is 58.2 Å². The summed E-state index contributed by atoms with van der Waals surface area (Å²) >= 11 is 0. The minimum absolute atomic E-state index is 0.0751. The third-order valence-electron chi connectivity index (χ3n) is 3.96. The Morgan fingerprint density at radius 3 is 2.44 bits per heavy atom. The van der Waals surface area contributed by atoms with Crippen LogP contribution in [0.15, 0.2) is 48.5 Å². The van der Waals surface area contributed by atoms with Crippen LogP contribution in [0, 0.1) is 11.7 Å². The SMILES string of the molecule is CCc1cccc(NC(=O)[C@@H](NC(=O)c2ccccc2F)C(C)C)c1. The van der Waals surface area contributed by atoms with Crippen LogP contribution in [-0.2, 0) is 11.2 Å². The van der Waals surface area contributed by atoms with E-state index in [9.17, 15) is 14.0 Å². The van der Waals surface area contributed by atoms with E-state index in [1.165, 1.54) is 18.2 Å². The zero-order valence-corrected chi connectivity index (χ0v) is 14.7. The molecule has 2 aromatic rings. The van der Waals surface area contributed by atoms with Gasteiger partial charge in [-0.1, -0.05) is 45.0 Å².